The van der Waals surface area contributed by atoms with E-state index in [1.807, 2.05) is 0 Å². The fraction of sp³-hybridized carbons (Fsp3) is 0.308. The van der Waals surface area contributed by atoms with Crippen LogP contribution in [0.3, 0.4) is 0 Å². The van der Waals surface area contributed by atoms with Crippen LogP contribution in [0, 0.1) is 0 Å². The fourth-order valence-corrected chi connectivity index (χ4v) is 1.87. The van der Waals surface area contributed by atoms with Crippen molar-refractivity contribution in [1.29, 1.82) is 0 Å². The Kier molecular flexibility index (Phi) is 3.14. The summed E-state index contributed by atoms with van der Waals surface area (Å²) in [5, 5.41) is 2.70. The van der Waals surface area contributed by atoms with E-state index in [1.54, 1.807) is 26.0 Å². The topological polar surface area (TPSA) is 72.5 Å². The van der Waals surface area contributed by atoms with Crippen molar-refractivity contribution >= 4 is 23.3 Å². The predicted octanol–water partition coefficient (Wildman–Crippen LogP) is 1.49. The van der Waals surface area contributed by atoms with E-state index in [-0.39, 0.29) is 24.0 Å². The largest absolute Gasteiger partial charge is 0.460 e. The molecule has 2 rings (SSSR count). The minimum absolute atomic E-state index is 0.106. The molecule has 1 aromatic carbocycles. The Morgan fingerprint density at radius 3 is 2.78 bits per heavy atom. The summed E-state index contributed by atoms with van der Waals surface area (Å²) < 4.78 is 4.65. The first-order valence-electron chi connectivity index (χ1n) is 5.71. The molecule has 1 aliphatic rings. The number of ketones is 1. The molecule has 0 radical (unpaired) electrons. The van der Waals surface area contributed by atoms with Gasteiger partial charge in [0.05, 0.1) is 12.5 Å². The van der Waals surface area contributed by atoms with Crippen LogP contribution >= 0.6 is 0 Å². The van der Waals surface area contributed by atoms with Crippen LogP contribution in [0.1, 0.15) is 35.7 Å². The highest BCUT2D eigenvalue weighted by Gasteiger charge is 2.28. The van der Waals surface area contributed by atoms with E-state index in [4.69, 9.17) is 0 Å². The Morgan fingerprint density at radius 1 is 1.39 bits per heavy atom. The van der Waals surface area contributed by atoms with Crippen molar-refractivity contribution < 1.29 is 19.1 Å². The lowest BCUT2D eigenvalue weighted by molar-refractivity contribution is -0.137. The summed E-state index contributed by atoms with van der Waals surface area (Å²) in [7, 11) is 0. The first kappa shape index (κ1) is 12.3. The van der Waals surface area contributed by atoms with E-state index in [1.165, 1.54) is 6.07 Å². The second-order valence-corrected chi connectivity index (χ2v) is 4.06. The number of nitrogens with one attached hydrogen (secondary N) is 1. The van der Waals surface area contributed by atoms with E-state index in [9.17, 15) is 14.4 Å². The molecular formula is C13H13NO4. The van der Waals surface area contributed by atoms with Gasteiger partial charge in [0.15, 0.2) is 0 Å². The highest BCUT2D eigenvalue weighted by molar-refractivity contribution is 6.40. The van der Waals surface area contributed by atoms with Gasteiger partial charge in [0.2, 0.25) is 5.91 Å². The molecule has 1 aromatic rings. The molecule has 0 aliphatic carbocycles. The van der Waals surface area contributed by atoms with Crippen molar-refractivity contribution in [2.75, 3.05) is 11.9 Å². The third-order valence-electron chi connectivity index (χ3n) is 2.89. The molecule has 5 nitrogen and oxygen atoms in total. The molecule has 1 aliphatic heterocycles. The van der Waals surface area contributed by atoms with E-state index < -0.39 is 11.8 Å². The van der Waals surface area contributed by atoms with Gasteiger partial charge in [-0.3, -0.25) is 9.59 Å². The first-order chi connectivity index (χ1) is 8.54. The van der Waals surface area contributed by atoms with Gasteiger partial charge in [0, 0.05) is 11.3 Å². The Balaban J connectivity index is 2.30. The summed E-state index contributed by atoms with van der Waals surface area (Å²) in [6, 6.07) is 4.71. The maximum Gasteiger partial charge on any atom is 0.379 e. The Hall–Kier alpha value is -2.17. The predicted molar refractivity (Wildman–Crippen MR) is 64.5 cm³/mol. The molecule has 18 heavy (non-hydrogen) atoms. The molecule has 0 bridgehead atoms. The molecule has 0 fully saturated rings. The number of amides is 1. The first-order valence-corrected chi connectivity index (χ1v) is 5.71. The fourth-order valence-electron chi connectivity index (χ4n) is 1.87. The second-order valence-electron chi connectivity index (χ2n) is 4.06. The van der Waals surface area contributed by atoms with Crippen molar-refractivity contribution in [3.05, 3.63) is 29.3 Å². The monoisotopic (exact) mass is 247 g/mol. The molecular weight excluding hydrogens is 234 g/mol. The Morgan fingerprint density at radius 2 is 2.11 bits per heavy atom. The molecule has 1 N–H and O–H groups in total. The van der Waals surface area contributed by atoms with Crippen molar-refractivity contribution in [2.45, 2.75) is 19.8 Å². The number of anilines is 1. The average Bonchev–Trinajstić information content (AvgIpc) is 2.64. The van der Waals surface area contributed by atoms with Gasteiger partial charge in [-0.15, -0.1) is 0 Å². The standard InChI is InChI=1S/C13H13NO4/c1-3-18-13(17)11(15)8-4-5-10-9(6-8)7(2)12(16)14-10/h4-7H,3H2,1-2H3,(H,14,16). The molecule has 0 saturated heterocycles. The number of benzene rings is 1. The van der Waals surface area contributed by atoms with Crippen LogP contribution in [0.4, 0.5) is 5.69 Å². The molecule has 1 unspecified atom stereocenters. The average molecular weight is 247 g/mol. The number of rotatable bonds is 3. The number of fused-ring (bicyclic) bond motifs is 1. The van der Waals surface area contributed by atoms with Crippen LogP contribution in [0.15, 0.2) is 18.2 Å². The van der Waals surface area contributed by atoms with Gasteiger partial charge >= 0.3 is 5.97 Å². The van der Waals surface area contributed by atoms with Gasteiger partial charge in [-0.25, -0.2) is 4.79 Å². The molecule has 0 aromatic heterocycles. The third-order valence-corrected chi connectivity index (χ3v) is 2.89. The van der Waals surface area contributed by atoms with Gasteiger partial charge in [-0.2, -0.15) is 0 Å². The zero-order valence-electron chi connectivity index (χ0n) is 10.1. The normalized spacial score (nSPS) is 17.0. The number of carbonyl (C=O) groups excluding carboxylic acids is 3. The minimum atomic E-state index is -0.873. The maximum absolute atomic E-state index is 11.7. The van der Waals surface area contributed by atoms with Crippen molar-refractivity contribution in [1.82, 2.24) is 0 Å². The SMILES string of the molecule is CCOC(=O)C(=O)c1ccc2c(c1)C(C)C(=O)N2. The smallest absolute Gasteiger partial charge is 0.379 e. The Bertz CT molecular complexity index is 536. The molecule has 1 amide bonds. The summed E-state index contributed by atoms with van der Waals surface area (Å²) in [4.78, 5) is 34.5. The van der Waals surface area contributed by atoms with Crippen LogP contribution in [0.25, 0.3) is 0 Å². The molecule has 94 valence electrons. The lowest BCUT2D eigenvalue weighted by Gasteiger charge is -2.05. The highest BCUT2D eigenvalue weighted by Crippen LogP contribution is 2.32. The number of hydrogen-bond donors (Lipinski definition) is 1. The number of Topliss-reactive ketones (excluding diaryl/α,β-unsaturated/α-hetero) is 1. The summed E-state index contributed by atoms with van der Waals surface area (Å²) in [6.45, 7) is 3.55. The van der Waals surface area contributed by atoms with E-state index in [0.29, 0.717) is 5.69 Å². The quantitative estimate of drug-likeness (QED) is 0.499. The zero-order valence-corrected chi connectivity index (χ0v) is 10.1. The lowest BCUT2D eigenvalue weighted by Crippen LogP contribution is -2.17. The highest BCUT2D eigenvalue weighted by atomic mass is 16.5. The molecule has 1 atom stereocenters. The van der Waals surface area contributed by atoms with Crippen LogP contribution in [-0.4, -0.2) is 24.3 Å². The van der Waals surface area contributed by atoms with E-state index >= 15 is 0 Å². The summed E-state index contributed by atoms with van der Waals surface area (Å²) >= 11 is 0. The van der Waals surface area contributed by atoms with Gasteiger partial charge in [0.1, 0.15) is 0 Å². The zero-order chi connectivity index (χ0) is 13.3. The molecule has 1 heterocycles. The number of carbonyl (C=O) groups is 3. The number of ether oxygens (including phenoxy) is 1. The molecule has 0 spiro atoms. The van der Waals surface area contributed by atoms with E-state index in [0.717, 1.165) is 5.56 Å². The summed E-state index contributed by atoms with van der Waals surface area (Å²) in [5.41, 5.74) is 1.67. The van der Waals surface area contributed by atoms with E-state index in [2.05, 4.69) is 10.1 Å². The molecule has 5 heteroatoms. The maximum atomic E-state index is 11.7. The van der Waals surface area contributed by atoms with Gasteiger partial charge < -0.3 is 10.1 Å². The van der Waals surface area contributed by atoms with Crippen LogP contribution in [-0.2, 0) is 14.3 Å². The summed E-state index contributed by atoms with van der Waals surface area (Å²) in [6.07, 6.45) is 0. The van der Waals surface area contributed by atoms with Crippen LogP contribution in [0.2, 0.25) is 0 Å². The number of hydrogen-bond acceptors (Lipinski definition) is 4. The van der Waals surface area contributed by atoms with Crippen molar-refractivity contribution in [3.8, 4) is 0 Å². The Labute approximate surface area is 104 Å². The lowest BCUT2D eigenvalue weighted by atomic mass is 9.99. The summed E-state index contributed by atoms with van der Waals surface area (Å²) in [5.74, 6) is -1.98. The second kappa shape index (κ2) is 4.60. The van der Waals surface area contributed by atoms with Crippen LogP contribution in [0.5, 0.6) is 0 Å². The van der Waals surface area contributed by atoms with Gasteiger partial charge in [-0.1, -0.05) is 0 Å². The van der Waals surface area contributed by atoms with Crippen LogP contribution < -0.4 is 5.32 Å². The molecule has 0 saturated carbocycles. The number of esters is 1. The third kappa shape index (κ3) is 1.99. The minimum Gasteiger partial charge on any atom is -0.460 e. The van der Waals surface area contributed by atoms with Gasteiger partial charge in [-0.05, 0) is 37.6 Å². The van der Waals surface area contributed by atoms with Crippen molar-refractivity contribution in [3.63, 3.8) is 0 Å². The van der Waals surface area contributed by atoms with Crippen molar-refractivity contribution in [2.24, 2.45) is 0 Å². The van der Waals surface area contributed by atoms with Gasteiger partial charge in [0.25, 0.3) is 5.78 Å².